The molecule has 1 atom stereocenters. The van der Waals surface area contributed by atoms with Gasteiger partial charge in [-0.05, 0) is 31.9 Å². The van der Waals surface area contributed by atoms with E-state index in [1.54, 1.807) is 0 Å². The quantitative estimate of drug-likeness (QED) is 0.814. The van der Waals surface area contributed by atoms with E-state index in [1.807, 2.05) is 19.2 Å². The van der Waals surface area contributed by atoms with E-state index in [0.29, 0.717) is 6.42 Å². The molecule has 0 saturated heterocycles. The number of rotatable bonds is 3. The normalized spacial score (nSPS) is 17.8. The number of hydrogen-bond donors (Lipinski definition) is 1. The van der Waals surface area contributed by atoms with Gasteiger partial charge in [0.2, 0.25) is 0 Å². The molecular weight excluding hydrogens is 212 g/mol. The topological polar surface area (TPSA) is 36.4 Å². The molecule has 1 N–H and O–H groups in total. The summed E-state index contributed by atoms with van der Waals surface area (Å²) in [6.45, 7) is 6.15. The highest BCUT2D eigenvalue weighted by molar-refractivity contribution is 5.46. The third kappa shape index (κ3) is 2.86. The molecule has 1 aromatic rings. The summed E-state index contributed by atoms with van der Waals surface area (Å²) >= 11 is 0. The molecule has 1 aromatic heterocycles. The van der Waals surface area contributed by atoms with Gasteiger partial charge in [-0.3, -0.25) is 4.98 Å². The number of hydrogen-bond acceptors (Lipinski definition) is 3. The number of nitrogens with zero attached hydrogens (tertiary/aromatic N) is 2. The molecule has 0 radical (unpaired) electrons. The van der Waals surface area contributed by atoms with Crippen molar-refractivity contribution in [2.24, 2.45) is 0 Å². The van der Waals surface area contributed by atoms with Crippen molar-refractivity contribution >= 4 is 5.69 Å². The maximum absolute atomic E-state index is 9.68. The van der Waals surface area contributed by atoms with Crippen LogP contribution in [0.1, 0.15) is 38.5 Å². The summed E-state index contributed by atoms with van der Waals surface area (Å²) in [6, 6.07) is 3.98. The molecule has 2 heterocycles. The minimum Gasteiger partial charge on any atom is -0.387 e. The fourth-order valence-corrected chi connectivity index (χ4v) is 2.00. The average Bonchev–Trinajstić information content (AvgIpc) is 2.39. The van der Waals surface area contributed by atoms with E-state index >= 15 is 0 Å². The second-order valence-corrected chi connectivity index (χ2v) is 4.61. The van der Waals surface area contributed by atoms with Gasteiger partial charge in [0.15, 0.2) is 0 Å². The molecule has 0 spiro atoms. The first-order valence-corrected chi connectivity index (χ1v) is 6.25. The molecule has 1 aliphatic rings. The molecule has 17 heavy (non-hydrogen) atoms. The fourth-order valence-electron chi connectivity index (χ4n) is 2.00. The van der Waals surface area contributed by atoms with Gasteiger partial charge >= 0.3 is 0 Å². The lowest BCUT2D eigenvalue weighted by Crippen LogP contribution is -2.28. The van der Waals surface area contributed by atoms with Crippen molar-refractivity contribution in [2.75, 3.05) is 18.0 Å². The maximum atomic E-state index is 9.68. The van der Waals surface area contributed by atoms with Gasteiger partial charge in [-0.25, -0.2) is 0 Å². The van der Waals surface area contributed by atoms with E-state index in [4.69, 9.17) is 0 Å². The van der Waals surface area contributed by atoms with Crippen LogP contribution in [0.15, 0.2) is 30.0 Å². The molecule has 0 aromatic carbocycles. The van der Waals surface area contributed by atoms with Gasteiger partial charge in [-0.2, -0.15) is 0 Å². The Morgan fingerprint density at radius 3 is 2.82 bits per heavy atom. The fraction of sp³-hybridized carbons (Fsp3) is 0.500. The number of aliphatic hydroxyl groups is 1. The van der Waals surface area contributed by atoms with E-state index in [9.17, 15) is 5.11 Å². The minimum absolute atomic E-state index is 0.437. The van der Waals surface area contributed by atoms with Crippen LogP contribution in [0.3, 0.4) is 0 Å². The minimum atomic E-state index is -0.437. The van der Waals surface area contributed by atoms with E-state index in [1.165, 1.54) is 5.57 Å². The van der Waals surface area contributed by atoms with Gasteiger partial charge in [0.05, 0.1) is 23.7 Å². The summed E-state index contributed by atoms with van der Waals surface area (Å²) in [5.74, 6) is 0. The molecular formula is C14H20N2O. The number of anilines is 1. The summed E-state index contributed by atoms with van der Waals surface area (Å²) in [4.78, 5) is 6.64. The van der Waals surface area contributed by atoms with Gasteiger partial charge in [0.25, 0.3) is 0 Å². The van der Waals surface area contributed by atoms with Gasteiger partial charge in [0, 0.05) is 13.1 Å². The number of aromatic nitrogens is 1. The van der Waals surface area contributed by atoms with Crippen LogP contribution in [0, 0.1) is 0 Å². The van der Waals surface area contributed by atoms with Crippen molar-refractivity contribution in [3.63, 3.8) is 0 Å². The highest BCUT2D eigenvalue weighted by atomic mass is 16.3. The first-order valence-electron chi connectivity index (χ1n) is 6.25. The van der Waals surface area contributed by atoms with E-state index in [-0.39, 0.29) is 0 Å². The van der Waals surface area contributed by atoms with Crippen molar-refractivity contribution in [2.45, 2.75) is 32.8 Å². The number of pyridine rings is 1. The molecule has 0 amide bonds. The summed E-state index contributed by atoms with van der Waals surface area (Å²) in [6.07, 6.45) is 5.52. The second kappa shape index (κ2) is 5.32. The largest absolute Gasteiger partial charge is 0.387 e. The molecule has 1 aliphatic heterocycles. The molecule has 0 bridgehead atoms. The number of aliphatic hydroxyl groups excluding tert-OH is 1. The Hall–Kier alpha value is -1.35. The lowest BCUT2D eigenvalue weighted by molar-refractivity contribution is 0.169. The predicted molar refractivity (Wildman–Crippen MR) is 70.1 cm³/mol. The van der Waals surface area contributed by atoms with Crippen LogP contribution in [-0.4, -0.2) is 23.2 Å². The summed E-state index contributed by atoms with van der Waals surface area (Å²) in [5.41, 5.74) is 3.37. The highest BCUT2D eigenvalue weighted by Gasteiger charge is 2.11. The van der Waals surface area contributed by atoms with E-state index in [0.717, 1.165) is 30.9 Å². The lowest BCUT2D eigenvalue weighted by Gasteiger charge is -2.27. The van der Waals surface area contributed by atoms with E-state index in [2.05, 4.69) is 29.0 Å². The maximum Gasteiger partial charge on any atom is 0.0957 e. The molecule has 0 aliphatic carbocycles. The van der Waals surface area contributed by atoms with Crippen LogP contribution in [0.5, 0.6) is 0 Å². The van der Waals surface area contributed by atoms with Crippen molar-refractivity contribution in [1.82, 2.24) is 4.98 Å². The Labute approximate surface area is 103 Å². The molecule has 3 nitrogen and oxygen atoms in total. The third-order valence-electron chi connectivity index (χ3n) is 3.30. The summed E-state index contributed by atoms with van der Waals surface area (Å²) < 4.78 is 0. The lowest BCUT2D eigenvalue weighted by atomic mass is 10.1. The van der Waals surface area contributed by atoms with Gasteiger partial charge in [-0.1, -0.05) is 18.6 Å². The zero-order chi connectivity index (χ0) is 12.3. The van der Waals surface area contributed by atoms with Crippen molar-refractivity contribution < 1.29 is 5.11 Å². The smallest absolute Gasteiger partial charge is 0.0957 e. The average molecular weight is 232 g/mol. The molecule has 2 rings (SSSR count). The SMILES string of the molecule is CCC(O)c1ccc(N2CC=C(C)CC2)cn1. The summed E-state index contributed by atoms with van der Waals surface area (Å²) in [5, 5.41) is 9.68. The molecule has 0 saturated carbocycles. The Kier molecular flexibility index (Phi) is 3.79. The first kappa shape index (κ1) is 12.1. The van der Waals surface area contributed by atoms with Crippen molar-refractivity contribution in [3.05, 3.63) is 35.7 Å². The van der Waals surface area contributed by atoms with Crippen molar-refractivity contribution in [1.29, 1.82) is 0 Å². The van der Waals surface area contributed by atoms with Crippen LogP contribution in [0.4, 0.5) is 5.69 Å². The van der Waals surface area contributed by atoms with E-state index < -0.39 is 6.10 Å². The molecule has 0 fully saturated rings. The predicted octanol–water partition coefficient (Wildman–Crippen LogP) is 2.68. The molecule has 3 heteroatoms. The zero-order valence-electron chi connectivity index (χ0n) is 10.6. The van der Waals surface area contributed by atoms with Crippen LogP contribution in [-0.2, 0) is 0 Å². The zero-order valence-corrected chi connectivity index (χ0v) is 10.6. The van der Waals surface area contributed by atoms with Crippen LogP contribution >= 0.6 is 0 Å². The molecule has 92 valence electrons. The Balaban J connectivity index is 2.08. The van der Waals surface area contributed by atoms with Crippen LogP contribution < -0.4 is 4.90 Å². The van der Waals surface area contributed by atoms with Crippen LogP contribution in [0.25, 0.3) is 0 Å². The second-order valence-electron chi connectivity index (χ2n) is 4.61. The molecule has 1 unspecified atom stereocenters. The van der Waals surface area contributed by atoms with Gasteiger partial charge in [-0.15, -0.1) is 0 Å². The summed E-state index contributed by atoms with van der Waals surface area (Å²) in [7, 11) is 0. The monoisotopic (exact) mass is 232 g/mol. The highest BCUT2D eigenvalue weighted by Crippen LogP contribution is 2.21. The Bertz CT molecular complexity index is 397. The third-order valence-corrected chi connectivity index (χ3v) is 3.30. The Morgan fingerprint density at radius 1 is 1.47 bits per heavy atom. The standard InChI is InChI=1S/C14H20N2O/c1-3-14(17)13-5-4-12(10-15-13)16-8-6-11(2)7-9-16/h4-6,10,14,17H,3,7-9H2,1-2H3. The van der Waals surface area contributed by atoms with Crippen LogP contribution in [0.2, 0.25) is 0 Å². The first-order chi connectivity index (χ1) is 8.20. The van der Waals surface area contributed by atoms with Gasteiger partial charge in [0.1, 0.15) is 0 Å². The Morgan fingerprint density at radius 2 is 2.29 bits per heavy atom. The van der Waals surface area contributed by atoms with Crippen molar-refractivity contribution in [3.8, 4) is 0 Å². The van der Waals surface area contributed by atoms with Gasteiger partial charge < -0.3 is 10.0 Å².